The Labute approximate surface area is 159 Å². The van der Waals surface area contributed by atoms with E-state index in [1.165, 1.54) is 0 Å². The quantitative estimate of drug-likeness (QED) is 0.159. The predicted octanol–water partition coefficient (Wildman–Crippen LogP) is 5.85. The number of carbonyl (C=O) groups is 1. The first kappa shape index (κ1) is 22.2. The van der Waals surface area contributed by atoms with Gasteiger partial charge in [0.2, 0.25) is 0 Å². The number of carbonyl (C=O) groups excluding carboxylic acids is 1. The van der Waals surface area contributed by atoms with Gasteiger partial charge in [0.15, 0.2) is 0 Å². The lowest BCUT2D eigenvalue weighted by Crippen LogP contribution is -2.09. The van der Waals surface area contributed by atoms with Crippen molar-refractivity contribution in [3.05, 3.63) is 60.8 Å². The molecule has 0 radical (unpaired) electrons. The van der Waals surface area contributed by atoms with Gasteiger partial charge in [-0.3, -0.25) is 4.79 Å². The van der Waals surface area contributed by atoms with E-state index in [0.29, 0.717) is 13.0 Å². The summed E-state index contributed by atoms with van der Waals surface area (Å²) in [4.78, 5) is 11.4. The number of hydrogen-bond donors (Lipinski definition) is 0. The molecule has 1 rings (SSSR count). The molecule has 26 heavy (non-hydrogen) atoms. The molecule has 0 aliphatic carbocycles. The molecular formula is C23H34O3. The van der Waals surface area contributed by atoms with Gasteiger partial charge < -0.3 is 9.47 Å². The highest BCUT2D eigenvalue weighted by Gasteiger charge is 2.23. The smallest absolute Gasteiger partial charge is 0.305 e. The van der Waals surface area contributed by atoms with Gasteiger partial charge in [-0.15, -0.1) is 0 Å². The van der Waals surface area contributed by atoms with Gasteiger partial charge in [-0.25, -0.2) is 0 Å². The molecule has 0 unspecified atom stereocenters. The summed E-state index contributed by atoms with van der Waals surface area (Å²) >= 11 is 0. The van der Waals surface area contributed by atoms with Crippen LogP contribution in [0.2, 0.25) is 0 Å². The highest BCUT2D eigenvalue weighted by atomic mass is 16.6. The number of epoxide rings is 1. The van der Waals surface area contributed by atoms with Crippen molar-refractivity contribution in [2.45, 2.75) is 64.4 Å². The SMILES string of the molecule is CC/C=C\C/C=C\C/C=C\C/C=C\C/C=C\CCCC(=O)OC[C@H]1CO1. The Morgan fingerprint density at radius 2 is 1.38 bits per heavy atom. The summed E-state index contributed by atoms with van der Waals surface area (Å²) in [5.74, 6) is -0.118. The molecule has 3 heteroatoms. The molecule has 1 saturated heterocycles. The lowest BCUT2D eigenvalue weighted by molar-refractivity contribution is -0.144. The maximum absolute atomic E-state index is 11.4. The zero-order chi connectivity index (χ0) is 18.7. The number of ether oxygens (including phenoxy) is 2. The zero-order valence-electron chi connectivity index (χ0n) is 16.1. The lowest BCUT2D eigenvalue weighted by atomic mass is 10.2. The van der Waals surface area contributed by atoms with Crippen LogP contribution in [0.15, 0.2) is 60.8 Å². The largest absolute Gasteiger partial charge is 0.463 e. The van der Waals surface area contributed by atoms with Crippen LogP contribution in [0.25, 0.3) is 0 Å². The van der Waals surface area contributed by atoms with Crippen LogP contribution < -0.4 is 0 Å². The first-order chi connectivity index (χ1) is 12.8. The second kappa shape index (κ2) is 16.6. The van der Waals surface area contributed by atoms with E-state index in [0.717, 1.165) is 51.6 Å². The molecule has 1 fully saturated rings. The molecule has 0 spiro atoms. The minimum Gasteiger partial charge on any atom is -0.463 e. The minimum absolute atomic E-state index is 0.118. The van der Waals surface area contributed by atoms with Gasteiger partial charge in [0.25, 0.3) is 0 Å². The van der Waals surface area contributed by atoms with Crippen molar-refractivity contribution in [1.29, 1.82) is 0 Å². The molecule has 0 aromatic rings. The molecule has 0 amide bonds. The zero-order valence-corrected chi connectivity index (χ0v) is 16.1. The van der Waals surface area contributed by atoms with E-state index >= 15 is 0 Å². The fourth-order valence-corrected chi connectivity index (χ4v) is 2.16. The fourth-order valence-electron chi connectivity index (χ4n) is 2.16. The highest BCUT2D eigenvalue weighted by Crippen LogP contribution is 2.09. The van der Waals surface area contributed by atoms with E-state index in [1.807, 2.05) is 0 Å². The Hall–Kier alpha value is -1.87. The average molecular weight is 359 g/mol. The van der Waals surface area contributed by atoms with Gasteiger partial charge in [-0.1, -0.05) is 67.7 Å². The third kappa shape index (κ3) is 15.6. The van der Waals surface area contributed by atoms with Crippen LogP contribution in [0.3, 0.4) is 0 Å². The van der Waals surface area contributed by atoms with Gasteiger partial charge in [-0.2, -0.15) is 0 Å². The summed E-state index contributed by atoms with van der Waals surface area (Å²) in [6.45, 7) is 3.30. The molecule has 0 aromatic heterocycles. The number of esters is 1. The predicted molar refractivity (Wildman–Crippen MR) is 109 cm³/mol. The lowest BCUT2D eigenvalue weighted by Gasteiger charge is -2.00. The second-order valence-corrected chi connectivity index (χ2v) is 6.24. The maximum Gasteiger partial charge on any atom is 0.305 e. The topological polar surface area (TPSA) is 38.8 Å². The maximum atomic E-state index is 11.4. The fraction of sp³-hybridized carbons (Fsp3) is 0.522. The molecule has 0 aromatic carbocycles. The monoisotopic (exact) mass is 358 g/mol. The van der Waals surface area contributed by atoms with Gasteiger partial charge >= 0.3 is 5.97 Å². The number of unbranched alkanes of at least 4 members (excludes halogenated alkanes) is 1. The summed E-state index contributed by atoms with van der Waals surface area (Å²) in [7, 11) is 0. The van der Waals surface area contributed by atoms with E-state index in [4.69, 9.17) is 9.47 Å². The van der Waals surface area contributed by atoms with Crippen molar-refractivity contribution in [3.8, 4) is 0 Å². The van der Waals surface area contributed by atoms with Gasteiger partial charge in [-0.05, 0) is 44.9 Å². The van der Waals surface area contributed by atoms with Crippen molar-refractivity contribution in [2.75, 3.05) is 13.2 Å². The highest BCUT2D eigenvalue weighted by molar-refractivity contribution is 5.69. The minimum atomic E-state index is -0.118. The Morgan fingerprint density at radius 3 is 1.88 bits per heavy atom. The summed E-state index contributed by atoms with van der Waals surface area (Å²) in [6, 6.07) is 0. The van der Waals surface area contributed by atoms with Crippen LogP contribution in [0.4, 0.5) is 0 Å². The van der Waals surface area contributed by atoms with E-state index < -0.39 is 0 Å². The summed E-state index contributed by atoms with van der Waals surface area (Å²) in [5, 5.41) is 0. The number of allylic oxidation sites excluding steroid dienone is 10. The van der Waals surface area contributed by atoms with Crippen LogP contribution in [0, 0.1) is 0 Å². The third-order valence-electron chi connectivity index (χ3n) is 3.74. The van der Waals surface area contributed by atoms with E-state index in [1.54, 1.807) is 0 Å². The molecule has 1 aliphatic heterocycles. The van der Waals surface area contributed by atoms with Gasteiger partial charge in [0.1, 0.15) is 12.7 Å². The Morgan fingerprint density at radius 1 is 0.885 bits per heavy atom. The van der Waals surface area contributed by atoms with Crippen LogP contribution >= 0.6 is 0 Å². The second-order valence-electron chi connectivity index (χ2n) is 6.24. The summed E-state index contributed by atoms with van der Waals surface area (Å²) < 4.78 is 10.1. The molecule has 1 heterocycles. The first-order valence-corrected chi connectivity index (χ1v) is 9.85. The Kier molecular flexibility index (Phi) is 14.1. The first-order valence-electron chi connectivity index (χ1n) is 9.85. The van der Waals surface area contributed by atoms with E-state index in [9.17, 15) is 4.79 Å². The molecular weight excluding hydrogens is 324 g/mol. The standard InChI is InChI=1S/C23H34O3/c1-2-3-4-5-6-7-8-9-10-11-12-13-14-15-16-17-18-19-23(24)26-21-22-20-25-22/h3-4,6-7,9-10,12-13,15-16,22H,2,5,8,11,14,17-21H2,1H3/b4-3-,7-6-,10-9-,13-12-,16-15-/t22-/m1/s1. The van der Waals surface area contributed by atoms with E-state index in [2.05, 4.69) is 67.7 Å². The van der Waals surface area contributed by atoms with Crippen molar-refractivity contribution in [3.63, 3.8) is 0 Å². The van der Waals surface area contributed by atoms with Crippen LogP contribution in [0.1, 0.15) is 58.3 Å². The van der Waals surface area contributed by atoms with Gasteiger partial charge in [0.05, 0.1) is 6.61 Å². The molecule has 0 bridgehead atoms. The normalized spacial score (nSPS) is 17.5. The molecule has 1 aliphatic rings. The summed E-state index contributed by atoms with van der Waals surface area (Å²) in [5.41, 5.74) is 0. The Balaban J connectivity index is 1.88. The number of rotatable bonds is 15. The van der Waals surface area contributed by atoms with Crippen molar-refractivity contribution in [1.82, 2.24) is 0 Å². The third-order valence-corrected chi connectivity index (χ3v) is 3.74. The van der Waals surface area contributed by atoms with Crippen LogP contribution in [0.5, 0.6) is 0 Å². The molecule has 144 valence electrons. The van der Waals surface area contributed by atoms with Crippen molar-refractivity contribution >= 4 is 5.97 Å². The summed E-state index contributed by atoms with van der Waals surface area (Å²) in [6.07, 6.45) is 29.3. The van der Waals surface area contributed by atoms with Crippen molar-refractivity contribution < 1.29 is 14.3 Å². The molecule has 3 nitrogen and oxygen atoms in total. The number of hydrogen-bond acceptors (Lipinski definition) is 3. The molecule has 0 N–H and O–H groups in total. The van der Waals surface area contributed by atoms with Gasteiger partial charge in [0, 0.05) is 6.42 Å². The molecule has 1 atom stereocenters. The Bertz CT molecular complexity index is 494. The van der Waals surface area contributed by atoms with Crippen LogP contribution in [-0.2, 0) is 14.3 Å². The van der Waals surface area contributed by atoms with E-state index in [-0.39, 0.29) is 12.1 Å². The molecule has 0 saturated carbocycles. The van der Waals surface area contributed by atoms with Crippen LogP contribution in [-0.4, -0.2) is 25.3 Å². The average Bonchev–Trinajstić information content (AvgIpc) is 3.47. The van der Waals surface area contributed by atoms with Crippen molar-refractivity contribution in [2.24, 2.45) is 0 Å².